The zero-order valence-corrected chi connectivity index (χ0v) is 9.63. The third-order valence-corrected chi connectivity index (χ3v) is 1.60. The summed E-state index contributed by atoms with van der Waals surface area (Å²) in [6.07, 6.45) is 0.489. The average molecular weight is 216 g/mol. The molecule has 0 fully saturated rings. The first kappa shape index (κ1) is 13.9. The van der Waals surface area contributed by atoms with Gasteiger partial charge in [0.1, 0.15) is 0 Å². The van der Waals surface area contributed by atoms with Gasteiger partial charge in [0.15, 0.2) is 0 Å². The summed E-state index contributed by atoms with van der Waals surface area (Å²) in [6, 6.07) is 0. The minimum absolute atomic E-state index is 0.0730. The van der Waals surface area contributed by atoms with Crippen molar-refractivity contribution in [1.82, 2.24) is 10.6 Å². The highest BCUT2D eigenvalue weighted by atomic mass is 16.5. The van der Waals surface area contributed by atoms with Gasteiger partial charge in [-0.3, -0.25) is 9.59 Å². The van der Waals surface area contributed by atoms with Crippen LogP contribution >= 0.6 is 0 Å². The maximum atomic E-state index is 11.2. The van der Waals surface area contributed by atoms with Crippen LogP contribution in [0.5, 0.6) is 0 Å². The maximum Gasteiger partial charge on any atom is 0.221 e. The molecule has 5 heteroatoms. The van der Waals surface area contributed by atoms with Crippen molar-refractivity contribution in [2.45, 2.75) is 33.3 Å². The van der Waals surface area contributed by atoms with Gasteiger partial charge in [0.25, 0.3) is 0 Å². The van der Waals surface area contributed by atoms with E-state index >= 15 is 0 Å². The molecule has 0 aromatic heterocycles. The third-order valence-electron chi connectivity index (χ3n) is 1.60. The van der Waals surface area contributed by atoms with Gasteiger partial charge in [0.05, 0.1) is 12.7 Å². The Bertz CT molecular complexity index is 205. The first-order chi connectivity index (χ1) is 7.02. The van der Waals surface area contributed by atoms with E-state index in [4.69, 9.17) is 4.74 Å². The number of carbonyl (C=O) groups excluding carboxylic acids is 2. The van der Waals surface area contributed by atoms with Gasteiger partial charge in [-0.1, -0.05) is 0 Å². The van der Waals surface area contributed by atoms with Gasteiger partial charge in [0.2, 0.25) is 11.8 Å². The summed E-state index contributed by atoms with van der Waals surface area (Å²) in [5, 5.41) is 5.25. The van der Waals surface area contributed by atoms with E-state index in [1.165, 1.54) is 6.92 Å². The van der Waals surface area contributed by atoms with Crippen LogP contribution in [0.4, 0.5) is 0 Å². The molecule has 88 valence electrons. The molecule has 0 bridgehead atoms. The molecule has 5 nitrogen and oxygen atoms in total. The standard InChI is InChI=1S/C10H20N2O3/c1-8(2)15-7-6-12-10(14)4-5-11-9(3)13/h8H,4-7H2,1-3H3,(H,11,13)(H,12,14). The lowest BCUT2D eigenvalue weighted by Crippen LogP contribution is -2.31. The molecule has 0 spiro atoms. The largest absolute Gasteiger partial charge is 0.377 e. The van der Waals surface area contributed by atoms with E-state index in [2.05, 4.69) is 10.6 Å². The highest BCUT2D eigenvalue weighted by molar-refractivity contribution is 5.77. The van der Waals surface area contributed by atoms with Gasteiger partial charge in [-0.2, -0.15) is 0 Å². The van der Waals surface area contributed by atoms with Crippen molar-refractivity contribution in [2.24, 2.45) is 0 Å². The van der Waals surface area contributed by atoms with Gasteiger partial charge in [-0.05, 0) is 13.8 Å². The molecule has 0 aliphatic heterocycles. The Kier molecular flexibility index (Phi) is 7.62. The summed E-state index contributed by atoms with van der Waals surface area (Å²) in [5.41, 5.74) is 0. The highest BCUT2D eigenvalue weighted by Crippen LogP contribution is 1.85. The van der Waals surface area contributed by atoms with E-state index < -0.39 is 0 Å². The van der Waals surface area contributed by atoms with Crippen molar-refractivity contribution in [3.8, 4) is 0 Å². The molecule has 0 rings (SSSR count). The minimum atomic E-state index is -0.119. The second kappa shape index (κ2) is 8.23. The Labute approximate surface area is 90.6 Å². The summed E-state index contributed by atoms with van der Waals surface area (Å²) in [5.74, 6) is -0.193. The van der Waals surface area contributed by atoms with Gasteiger partial charge in [-0.15, -0.1) is 0 Å². The van der Waals surface area contributed by atoms with E-state index in [1.807, 2.05) is 13.8 Å². The maximum absolute atomic E-state index is 11.2. The Balaban J connectivity index is 3.30. The molecule has 2 N–H and O–H groups in total. The topological polar surface area (TPSA) is 67.4 Å². The van der Waals surface area contributed by atoms with Crippen LogP contribution in [0.2, 0.25) is 0 Å². The summed E-state index contributed by atoms with van der Waals surface area (Å²) in [7, 11) is 0. The number of hydrogen-bond donors (Lipinski definition) is 2. The van der Waals surface area contributed by atoms with Crippen LogP contribution in [0.3, 0.4) is 0 Å². The van der Waals surface area contributed by atoms with Gasteiger partial charge < -0.3 is 15.4 Å². The SMILES string of the molecule is CC(=O)NCCC(=O)NCCOC(C)C. The van der Waals surface area contributed by atoms with Crippen molar-refractivity contribution in [1.29, 1.82) is 0 Å². The zero-order chi connectivity index (χ0) is 11.7. The average Bonchev–Trinajstić information content (AvgIpc) is 2.11. The monoisotopic (exact) mass is 216 g/mol. The normalized spacial score (nSPS) is 10.1. The van der Waals surface area contributed by atoms with Crippen LogP contribution in [-0.2, 0) is 14.3 Å². The quantitative estimate of drug-likeness (QED) is 0.591. The fourth-order valence-corrected chi connectivity index (χ4v) is 0.926. The smallest absolute Gasteiger partial charge is 0.221 e. The molecule has 0 aliphatic carbocycles. The molecule has 15 heavy (non-hydrogen) atoms. The molecule has 0 aromatic rings. The van der Waals surface area contributed by atoms with E-state index in [9.17, 15) is 9.59 Å². The van der Waals surface area contributed by atoms with Crippen LogP contribution in [0.1, 0.15) is 27.2 Å². The molecule has 2 amide bonds. The van der Waals surface area contributed by atoms with Crippen LogP contribution in [0.25, 0.3) is 0 Å². The van der Waals surface area contributed by atoms with Crippen LogP contribution < -0.4 is 10.6 Å². The second-order valence-corrected chi connectivity index (χ2v) is 3.50. The van der Waals surface area contributed by atoms with Crippen molar-refractivity contribution in [2.75, 3.05) is 19.7 Å². The number of rotatable bonds is 7. The number of ether oxygens (including phenoxy) is 1. The molecule has 0 atom stereocenters. The van der Waals surface area contributed by atoms with Gasteiger partial charge in [0, 0.05) is 26.4 Å². The summed E-state index contributed by atoms with van der Waals surface area (Å²) in [6.45, 7) is 6.72. The molecule has 0 saturated carbocycles. The van der Waals surface area contributed by atoms with Gasteiger partial charge in [-0.25, -0.2) is 0 Å². The number of amides is 2. The van der Waals surface area contributed by atoms with E-state index in [-0.39, 0.29) is 17.9 Å². The van der Waals surface area contributed by atoms with E-state index in [1.54, 1.807) is 0 Å². The Morgan fingerprint density at radius 3 is 2.40 bits per heavy atom. The van der Waals surface area contributed by atoms with Crippen molar-refractivity contribution in [3.05, 3.63) is 0 Å². The van der Waals surface area contributed by atoms with Crippen LogP contribution in [0.15, 0.2) is 0 Å². The number of hydrogen-bond acceptors (Lipinski definition) is 3. The van der Waals surface area contributed by atoms with E-state index in [0.717, 1.165) is 0 Å². The highest BCUT2D eigenvalue weighted by Gasteiger charge is 2.01. The summed E-state index contributed by atoms with van der Waals surface area (Å²) >= 11 is 0. The Hall–Kier alpha value is -1.10. The molecular formula is C10H20N2O3. The molecule has 0 unspecified atom stereocenters. The Morgan fingerprint density at radius 2 is 1.87 bits per heavy atom. The van der Waals surface area contributed by atoms with Crippen molar-refractivity contribution < 1.29 is 14.3 Å². The predicted molar refractivity (Wildman–Crippen MR) is 57.4 cm³/mol. The predicted octanol–water partition coefficient (Wildman–Crippen LogP) is 0.0538. The fourth-order valence-electron chi connectivity index (χ4n) is 0.926. The number of nitrogens with one attached hydrogen (secondary N) is 2. The first-order valence-corrected chi connectivity index (χ1v) is 5.15. The lowest BCUT2D eigenvalue weighted by atomic mass is 10.4. The molecule has 0 heterocycles. The van der Waals surface area contributed by atoms with E-state index in [0.29, 0.717) is 26.1 Å². The zero-order valence-electron chi connectivity index (χ0n) is 9.63. The third kappa shape index (κ3) is 10.8. The fraction of sp³-hybridized carbons (Fsp3) is 0.800. The minimum Gasteiger partial charge on any atom is -0.377 e. The summed E-state index contributed by atoms with van der Waals surface area (Å²) in [4.78, 5) is 21.6. The molecule has 0 aliphatic rings. The van der Waals surface area contributed by atoms with Crippen LogP contribution in [-0.4, -0.2) is 37.6 Å². The second-order valence-electron chi connectivity index (χ2n) is 3.50. The molecule has 0 saturated heterocycles. The Morgan fingerprint density at radius 1 is 1.20 bits per heavy atom. The molecule has 0 aromatic carbocycles. The van der Waals surface area contributed by atoms with Crippen molar-refractivity contribution >= 4 is 11.8 Å². The molecule has 0 radical (unpaired) electrons. The number of carbonyl (C=O) groups is 2. The molecular weight excluding hydrogens is 196 g/mol. The van der Waals surface area contributed by atoms with Crippen LogP contribution in [0, 0.1) is 0 Å². The first-order valence-electron chi connectivity index (χ1n) is 5.15. The summed E-state index contributed by atoms with van der Waals surface area (Å²) < 4.78 is 5.25. The van der Waals surface area contributed by atoms with Crippen molar-refractivity contribution in [3.63, 3.8) is 0 Å². The van der Waals surface area contributed by atoms with Gasteiger partial charge >= 0.3 is 0 Å². The lowest BCUT2D eigenvalue weighted by molar-refractivity contribution is -0.121. The lowest BCUT2D eigenvalue weighted by Gasteiger charge is -2.08.